The smallest absolute Gasteiger partial charge is 0.00394 e. The predicted molar refractivity (Wildman–Crippen MR) is 54.0 cm³/mol. The van der Waals surface area contributed by atoms with Gasteiger partial charge in [-0.15, -0.1) is 0 Å². The molecule has 0 aliphatic heterocycles. The molecule has 70 valence electrons. The SMILES string of the molecule is CC=CC1(CC)CCC(N)CC1. The molecule has 2 N–H and O–H groups in total. The van der Waals surface area contributed by atoms with E-state index in [2.05, 4.69) is 26.0 Å². The third kappa shape index (κ3) is 2.10. The van der Waals surface area contributed by atoms with E-state index in [1.165, 1.54) is 32.1 Å². The Labute approximate surface area is 76.0 Å². The van der Waals surface area contributed by atoms with E-state index in [9.17, 15) is 0 Å². The lowest BCUT2D eigenvalue weighted by Crippen LogP contribution is -2.32. The van der Waals surface area contributed by atoms with Crippen molar-refractivity contribution in [1.29, 1.82) is 0 Å². The van der Waals surface area contributed by atoms with Crippen LogP contribution >= 0.6 is 0 Å². The maximum atomic E-state index is 5.88. The summed E-state index contributed by atoms with van der Waals surface area (Å²) in [7, 11) is 0. The Morgan fingerprint density at radius 3 is 2.42 bits per heavy atom. The van der Waals surface area contributed by atoms with Crippen LogP contribution in [0.3, 0.4) is 0 Å². The minimum Gasteiger partial charge on any atom is -0.328 e. The van der Waals surface area contributed by atoms with Gasteiger partial charge in [0.1, 0.15) is 0 Å². The largest absolute Gasteiger partial charge is 0.328 e. The molecular formula is C11H21N. The molecule has 0 aromatic rings. The number of nitrogens with two attached hydrogens (primary N) is 1. The van der Waals surface area contributed by atoms with Crippen LogP contribution in [0, 0.1) is 5.41 Å². The molecule has 1 aliphatic rings. The van der Waals surface area contributed by atoms with Gasteiger partial charge in [-0.25, -0.2) is 0 Å². The summed E-state index contributed by atoms with van der Waals surface area (Å²) in [5.74, 6) is 0. The normalized spacial score (nSPS) is 37.4. The van der Waals surface area contributed by atoms with Crippen LogP contribution in [0.1, 0.15) is 46.0 Å². The van der Waals surface area contributed by atoms with Gasteiger partial charge in [0.05, 0.1) is 0 Å². The fourth-order valence-electron chi connectivity index (χ4n) is 2.21. The molecule has 1 fully saturated rings. The van der Waals surface area contributed by atoms with Crippen molar-refractivity contribution in [2.75, 3.05) is 0 Å². The summed E-state index contributed by atoms with van der Waals surface area (Å²) in [6.07, 6.45) is 10.8. The molecule has 0 spiro atoms. The van der Waals surface area contributed by atoms with Crippen molar-refractivity contribution in [3.05, 3.63) is 12.2 Å². The van der Waals surface area contributed by atoms with Crippen molar-refractivity contribution >= 4 is 0 Å². The first-order valence-corrected chi connectivity index (χ1v) is 5.12. The van der Waals surface area contributed by atoms with E-state index in [0.29, 0.717) is 11.5 Å². The Morgan fingerprint density at radius 1 is 1.42 bits per heavy atom. The van der Waals surface area contributed by atoms with Crippen LogP contribution in [-0.4, -0.2) is 6.04 Å². The maximum absolute atomic E-state index is 5.88. The van der Waals surface area contributed by atoms with Crippen molar-refractivity contribution in [3.63, 3.8) is 0 Å². The highest BCUT2D eigenvalue weighted by Gasteiger charge is 2.29. The van der Waals surface area contributed by atoms with Gasteiger partial charge in [-0.2, -0.15) is 0 Å². The van der Waals surface area contributed by atoms with Crippen LogP contribution in [-0.2, 0) is 0 Å². The highest BCUT2D eigenvalue weighted by molar-refractivity contribution is 5.00. The van der Waals surface area contributed by atoms with Gasteiger partial charge in [-0.05, 0) is 44.4 Å². The molecular weight excluding hydrogens is 146 g/mol. The number of hydrogen-bond donors (Lipinski definition) is 1. The lowest BCUT2D eigenvalue weighted by molar-refractivity contribution is 0.229. The average Bonchev–Trinajstić information content (AvgIpc) is 2.10. The Hall–Kier alpha value is -0.300. The van der Waals surface area contributed by atoms with E-state index in [1.807, 2.05) is 0 Å². The first-order chi connectivity index (χ1) is 5.72. The van der Waals surface area contributed by atoms with E-state index in [-0.39, 0.29) is 0 Å². The molecule has 0 aromatic carbocycles. The molecule has 0 heterocycles. The van der Waals surface area contributed by atoms with Gasteiger partial charge in [0.2, 0.25) is 0 Å². The molecule has 0 aromatic heterocycles. The summed E-state index contributed by atoms with van der Waals surface area (Å²) in [6.45, 7) is 4.41. The number of allylic oxidation sites excluding steroid dienone is 2. The minimum absolute atomic E-state index is 0.468. The second-order valence-electron chi connectivity index (χ2n) is 4.05. The van der Waals surface area contributed by atoms with Crippen molar-refractivity contribution in [2.24, 2.45) is 11.1 Å². The molecule has 0 bridgehead atoms. The van der Waals surface area contributed by atoms with Crippen LogP contribution < -0.4 is 5.73 Å². The van der Waals surface area contributed by atoms with Crippen molar-refractivity contribution in [1.82, 2.24) is 0 Å². The molecule has 0 radical (unpaired) electrons. The molecule has 1 aliphatic carbocycles. The van der Waals surface area contributed by atoms with Crippen LogP contribution in [0.25, 0.3) is 0 Å². The maximum Gasteiger partial charge on any atom is 0.00394 e. The Bertz CT molecular complexity index is 152. The highest BCUT2D eigenvalue weighted by atomic mass is 14.6. The van der Waals surface area contributed by atoms with Gasteiger partial charge in [-0.1, -0.05) is 19.1 Å². The Morgan fingerprint density at radius 2 is 2.00 bits per heavy atom. The van der Waals surface area contributed by atoms with Gasteiger partial charge in [0.15, 0.2) is 0 Å². The topological polar surface area (TPSA) is 26.0 Å². The zero-order valence-corrected chi connectivity index (χ0v) is 8.34. The van der Waals surface area contributed by atoms with E-state index < -0.39 is 0 Å². The summed E-state index contributed by atoms with van der Waals surface area (Å²) in [6, 6.07) is 0.468. The Balaban J connectivity index is 2.57. The van der Waals surface area contributed by atoms with Crippen LogP contribution in [0.5, 0.6) is 0 Å². The molecule has 1 saturated carbocycles. The standard InChI is InChI=1S/C11H21N/c1-3-7-11(4-2)8-5-10(12)6-9-11/h3,7,10H,4-6,8-9,12H2,1-2H3. The molecule has 1 rings (SSSR count). The number of hydrogen-bond acceptors (Lipinski definition) is 1. The summed E-state index contributed by atoms with van der Waals surface area (Å²) in [4.78, 5) is 0. The van der Waals surface area contributed by atoms with Gasteiger partial charge in [0, 0.05) is 6.04 Å². The molecule has 0 amide bonds. The Kier molecular flexibility index (Phi) is 3.33. The second-order valence-corrected chi connectivity index (χ2v) is 4.05. The molecule has 0 unspecified atom stereocenters. The summed E-state index contributed by atoms with van der Waals surface area (Å²) in [5.41, 5.74) is 6.37. The van der Waals surface area contributed by atoms with Gasteiger partial charge in [0.25, 0.3) is 0 Å². The van der Waals surface area contributed by atoms with Crippen LogP contribution in [0.4, 0.5) is 0 Å². The fourth-order valence-corrected chi connectivity index (χ4v) is 2.21. The first-order valence-electron chi connectivity index (χ1n) is 5.12. The van der Waals surface area contributed by atoms with E-state index in [1.54, 1.807) is 0 Å². The molecule has 0 atom stereocenters. The fraction of sp³-hybridized carbons (Fsp3) is 0.818. The summed E-state index contributed by atoms with van der Waals surface area (Å²) < 4.78 is 0. The average molecular weight is 167 g/mol. The third-order valence-corrected chi connectivity index (χ3v) is 3.25. The van der Waals surface area contributed by atoms with Gasteiger partial charge in [-0.3, -0.25) is 0 Å². The lowest BCUT2D eigenvalue weighted by atomic mass is 9.71. The van der Waals surface area contributed by atoms with Crippen molar-refractivity contribution in [3.8, 4) is 0 Å². The monoisotopic (exact) mass is 167 g/mol. The second kappa shape index (κ2) is 4.08. The predicted octanol–water partition coefficient (Wildman–Crippen LogP) is 2.86. The minimum atomic E-state index is 0.468. The lowest BCUT2D eigenvalue weighted by Gasteiger charge is -2.36. The summed E-state index contributed by atoms with van der Waals surface area (Å²) >= 11 is 0. The zero-order valence-electron chi connectivity index (χ0n) is 8.34. The molecule has 1 heteroatoms. The van der Waals surface area contributed by atoms with E-state index in [4.69, 9.17) is 5.73 Å². The zero-order chi connectivity index (χ0) is 9.03. The van der Waals surface area contributed by atoms with E-state index in [0.717, 1.165) is 0 Å². The highest BCUT2D eigenvalue weighted by Crippen LogP contribution is 2.39. The van der Waals surface area contributed by atoms with Gasteiger partial charge < -0.3 is 5.73 Å². The molecule has 1 nitrogen and oxygen atoms in total. The summed E-state index contributed by atoms with van der Waals surface area (Å²) in [5, 5.41) is 0. The molecule has 0 saturated heterocycles. The third-order valence-electron chi connectivity index (χ3n) is 3.25. The van der Waals surface area contributed by atoms with Crippen LogP contribution in [0.15, 0.2) is 12.2 Å². The quantitative estimate of drug-likeness (QED) is 0.629. The first kappa shape index (κ1) is 9.79. The van der Waals surface area contributed by atoms with Crippen LogP contribution in [0.2, 0.25) is 0 Å². The van der Waals surface area contributed by atoms with Gasteiger partial charge >= 0.3 is 0 Å². The van der Waals surface area contributed by atoms with Crippen molar-refractivity contribution in [2.45, 2.75) is 52.0 Å². The van der Waals surface area contributed by atoms with Crippen molar-refractivity contribution < 1.29 is 0 Å². The van der Waals surface area contributed by atoms with E-state index >= 15 is 0 Å². The number of rotatable bonds is 2. The molecule has 12 heavy (non-hydrogen) atoms.